The van der Waals surface area contributed by atoms with E-state index in [4.69, 9.17) is 5.11 Å². The second-order valence-electron chi connectivity index (χ2n) is 5.46. The summed E-state index contributed by atoms with van der Waals surface area (Å²) in [5.41, 5.74) is 2.89. The maximum atomic E-state index is 12.5. The van der Waals surface area contributed by atoms with Crippen LogP contribution >= 0.6 is 0 Å². The van der Waals surface area contributed by atoms with Crippen LogP contribution in [0, 0.1) is 13.8 Å². The molecule has 0 spiro atoms. The quantitative estimate of drug-likeness (QED) is 0.733. The fourth-order valence-electron chi connectivity index (χ4n) is 2.44. The third kappa shape index (κ3) is 4.41. The summed E-state index contributed by atoms with van der Waals surface area (Å²) in [7, 11) is 0. The van der Waals surface area contributed by atoms with E-state index in [0.717, 1.165) is 28.8 Å². The van der Waals surface area contributed by atoms with Crippen molar-refractivity contribution in [2.45, 2.75) is 26.6 Å². The standard InChI is InChI=1S/C17H17F3N2O2/c1-10-7-12(8-11(2)15(10)22-16(23)24)9-21-14-5-3-13(4-6-14)17(18,19)20/h3-8,21-22H,9H2,1-2H3,(H,23,24). The Morgan fingerprint density at radius 2 is 1.62 bits per heavy atom. The van der Waals surface area contributed by atoms with Gasteiger partial charge in [-0.15, -0.1) is 0 Å². The van der Waals surface area contributed by atoms with Crippen LogP contribution in [0.1, 0.15) is 22.3 Å². The molecule has 128 valence electrons. The zero-order chi connectivity index (χ0) is 17.9. The second kappa shape index (κ2) is 6.82. The number of alkyl halides is 3. The number of nitrogens with one attached hydrogen (secondary N) is 2. The highest BCUT2D eigenvalue weighted by atomic mass is 19.4. The molecule has 4 nitrogen and oxygen atoms in total. The van der Waals surface area contributed by atoms with E-state index < -0.39 is 17.8 Å². The fourth-order valence-corrected chi connectivity index (χ4v) is 2.44. The molecule has 0 aromatic heterocycles. The molecule has 2 aromatic rings. The number of benzene rings is 2. The van der Waals surface area contributed by atoms with Crippen LogP contribution in [0.4, 0.5) is 29.3 Å². The molecule has 0 bridgehead atoms. The highest BCUT2D eigenvalue weighted by Crippen LogP contribution is 2.30. The number of rotatable bonds is 4. The topological polar surface area (TPSA) is 61.4 Å². The lowest BCUT2D eigenvalue weighted by molar-refractivity contribution is -0.137. The van der Waals surface area contributed by atoms with Crippen LogP contribution in [-0.2, 0) is 12.7 Å². The van der Waals surface area contributed by atoms with E-state index in [0.29, 0.717) is 17.9 Å². The molecule has 7 heteroatoms. The van der Waals surface area contributed by atoms with Crippen molar-refractivity contribution >= 4 is 17.5 Å². The maximum absolute atomic E-state index is 12.5. The molecule has 0 atom stereocenters. The lowest BCUT2D eigenvalue weighted by atomic mass is 10.0. The van der Waals surface area contributed by atoms with E-state index in [1.807, 2.05) is 12.1 Å². The number of anilines is 2. The average Bonchev–Trinajstić information content (AvgIpc) is 2.48. The van der Waals surface area contributed by atoms with E-state index in [9.17, 15) is 18.0 Å². The van der Waals surface area contributed by atoms with Gasteiger partial charge >= 0.3 is 12.3 Å². The molecule has 0 saturated heterocycles. The van der Waals surface area contributed by atoms with Crippen molar-refractivity contribution in [3.63, 3.8) is 0 Å². The minimum absolute atomic E-state index is 0.417. The van der Waals surface area contributed by atoms with Gasteiger partial charge in [0.05, 0.1) is 5.56 Å². The van der Waals surface area contributed by atoms with Crippen molar-refractivity contribution in [1.82, 2.24) is 0 Å². The zero-order valence-electron chi connectivity index (χ0n) is 13.2. The van der Waals surface area contributed by atoms with E-state index in [1.165, 1.54) is 12.1 Å². The average molecular weight is 338 g/mol. The summed E-state index contributed by atoms with van der Waals surface area (Å²) >= 11 is 0. The normalized spacial score (nSPS) is 11.2. The van der Waals surface area contributed by atoms with Gasteiger partial charge in [0.25, 0.3) is 0 Å². The van der Waals surface area contributed by atoms with Crippen LogP contribution < -0.4 is 10.6 Å². The Balaban J connectivity index is 2.08. The molecule has 0 fully saturated rings. The van der Waals surface area contributed by atoms with Gasteiger partial charge in [0.2, 0.25) is 0 Å². The molecule has 1 amide bonds. The number of aryl methyl sites for hydroxylation is 2. The first-order valence-electron chi connectivity index (χ1n) is 7.18. The molecule has 0 aliphatic carbocycles. The van der Waals surface area contributed by atoms with Crippen LogP contribution in [0.25, 0.3) is 0 Å². The van der Waals surface area contributed by atoms with Gasteiger partial charge in [-0.25, -0.2) is 4.79 Å². The van der Waals surface area contributed by atoms with Crippen molar-refractivity contribution in [1.29, 1.82) is 0 Å². The summed E-state index contributed by atoms with van der Waals surface area (Å²) in [5.74, 6) is 0. The summed E-state index contributed by atoms with van der Waals surface area (Å²) in [4.78, 5) is 10.8. The fraction of sp³-hybridized carbons (Fsp3) is 0.235. The first-order chi connectivity index (χ1) is 11.2. The van der Waals surface area contributed by atoms with E-state index in [-0.39, 0.29) is 0 Å². The summed E-state index contributed by atoms with van der Waals surface area (Å²) in [6.45, 7) is 4.00. The molecule has 2 aromatic carbocycles. The smallest absolute Gasteiger partial charge is 0.416 e. The van der Waals surface area contributed by atoms with Crippen molar-refractivity contribution in [2.24, 2.45) is 0 Å². The van der Waals surface area contributed by atoms with Crippen molar-refractivity contribution in [3.8, 4) is 0 Å². The molecule has 0 heterocycles. The van der Waals surface area contributed by atoms with Crippen molar-refractivity contribution in [3.05, 3.63) is 58.7 Å². The molecule has 2 rings (SSSR count). The monoisotopic (exact) mass is 338 g/mol. The highest BCUT2D eigenvalue weighted by Gasteiger charge is 2.29. The molecule has 0 aliphatic rings. The van der Waals surface area contributed by atoms with Gasteiger partial charge in [-0.05, 0) is 54.8 Å². The van der Waals surface area contributed by atoms with Gasteiger partial charge < -0.3 is 10.4 Å². The van der Waals surface area contributed by atoms with E-state index in [2.05, 4.69) is 10.6 Å². The first kappa shape index (κ1) is 17.7. The number of carboxylic acid groups (broad SMARTS) is 1. The van der Waals surface area contributed by atoms with Crippen LogP contribution in [0.5, 0.6) is 0 Å². The van der Waals surface area contributed by atoms with Gasteiger partial charge in [0.15, 0.2) is 0 Å². The molecular weight excluding hydrogens is 321 g/mol. The maximum Gasteiger partial charge on any atom is 0.416 e. The Kier molecular flexibility index (Phi) is 5.02. The van der Waals surface area contributed by atoms with Crippen LogP contribution in [-0.4, -0.2) is 11.2 Å². The number of amides is 1. The number of hydrogen-bond donors (Lipinski definition) is 3. The van der Waals surface area contributed by atoms with Gasteiger partial charge in [-0.3, -0.25) is 5.32 Å². The lowest BCUT2D eigenvalue weighted by Gasteiger charge is -2.14. The minimum atomic E-state index is -4.35. The summed E-state index contributed by atoms with van der Waals surface area (Å²) < 4.78 is 37.6. The van der Waals surface area contributed by atoms with Crippen LogP contribution in [0.15, 0.2) is 36.4 Å². The third-order valence-electron chi connectivity index (χ3n) is 3.53. The van der Waals surface area contributed by atoms with Gasteiger partial charge in [0.1, 0.15) is 0 Å². The van der Waals surface area contributed by atoms with Crippen molar-refractivity contribution < 1.29 is 23.1 Å². The molecule has 0 aliphatic heterocycles. The summed E-state index contributed by atoms with van der Waals surface area (Å²) in [6, 6.07) is 8.47. The Bertz CT molecular complexity index is 717. The predicted octanol–water partition coefficient (Wildman–Crippen LogP) is 5.02. The number of halogens is 3. The van der Waals surface area contributed by atoms with E-state index in [1.54, 1.807) is 13.8 Å². The molecule has 0 saturated carbocycles. The van der Waals surface area contributed by atoms with E-state index >= 15 is 0 Å². The van der Waals surface area contributed by atoms with Crippen LogP contribution in [0.3, 0.4) is 0 Å². The van der Waals surface area contributed by atoms with Gasteiger partial charge in [-0.2, -0.15) is 13.2 Å². The Morgan fingerprint density at radius 3 is 2.08 bits per heavy atom. The molecule has 3 N–H and O–H groups in total. The summed E-state index contributed by atoms with van der Waals surface area (Å²) in [6.07, 6.45) is -5.48. The first-order valence-corrected chi connectivity index (χ1v) is 7.18. The number of carbonyl (C=O) groups is 1. The Hall–Kier alpha value is -2.70. The van der Waals surface area contributed by atoms with Crippen LogP contribution in [0.2, 0.25) is 0 Å². The SMILES string of the molecule is Cc1cc(CNc2ccc(C(F)(F)F)cc2)cc(C)c1NC(=O)O. The van der Waals surface area contributed by atoms with Gasteiger partial charge in [-0.1, -0.05) is 12.1 Å². The largest absolute Gasteiger partial charge is 0.465 e. The number of hydrogen-bond acceptors (Lipinski definition) is 2. The molecule has 24 heavy (non-hydrogen) atoms. The zero-order valence-corrected chi connectivity index (χ0v) is 13.2. The summed E-state index contributed by atoms with van der Waals surface area (Å²) in [5, 5.41) is 14.2. The van der Waals surface area contributed by atoms with Crippen molar-refractivity contribution in [2.75, 3.05) is 10.6 Å². The van der Waals surface area contributed by atoms with Gasteiger partial charge in [0, 0.05) is 17.9 Å². The third-order valence-corrected chi connectivity index (χ3v) is 3.53. The molecular formula is C17H17F3N2O2. The minimum Gasteiger partial charge on any atom is -0.465 e. The second-order valence-corrected chi connectivity index (χ2v) is 5.46. The Labute approximate surface area is 137 Å². The highest BCUT2D eigenvalue weighted by molar-refractivity contribution is 5.85. The predicted molar refractivity (Wildman–Crippen MR) is 86.3 cm³/mol. The molecule has 0 unspecified atom stereocenters. The molecule has 0 radical (unpaired) electrons. The Morgan fingerprint density at radius 1 is 1.08 bits per heavy atom. The lowest BCUT2D eigenvalue weighted by Crippen LogP contribution is -2.11.